The summed E-state index contributed by atoms with van der Waals surface area (Å²) >= 11 is 0. The van der Waals surface area contributed by atoms with Crippen molar-refractivity contribution in [3.8, 4) is 0 Å². The van der Waals surface area contributed by atoms with Crippen LogP contribution in [0.25, 0.3) is 0 Å². The highest BCUT2D eigenvalue weighted by Gasteiger charge is 2.13. The van der Waals surface area contributed by atoms with Gasteiger partial charge in [-0.3, -0.25) is 0 Å². The van der Waals surface area contributed by atoms with Crippen molar-refractivity contribution in [2.45, 2.75) is 52.1 Å². The number of ether oxygens (including phenoxy) is 1. The van der Waals surface area contributed by atoms with Crippen LogP contribution >= 0.6 is 0 Å². The van der Waals surface area contributed by atoms with Crippen molar-refractivity contribution in [2.75, 3.05) is 37.0 Å². The number of aromatic nitrogens is 2. The Balaban J connectivity index is 2.16. The number of anilines is 2. The van der Waals surface area contributed by atoms with E-state index in [2.05, 4.69) is 33.2 Å². The smallest absolute Gasteiger partial charge is 0.158 e. The number of hydrogen-bond acceptors (Lipinski definition) is 5. The van der Waals surface area contributed by atoms with Crippen molar-refractivity contribution in [1.29, 1.82) is 0 Å². The molecule has 0 aliphatic carbocycles. The minimum Gasteiger partial charge on any atom is -0.377 e. The lowest BCUT2D eigenvalue weighted by atomic mass is 10.1. The van der Waals surface area contributed by atoms with Gasteiger partial charge in [-0.15, -0.1) is 0 Å². The molecule has 0 bridgehead atoms. The van der Waals surface area contributed by atoms with Crippen molar-refractivity contribution in [3.05, 3.63) is 11.9 Å². The van der Waals surface area contributed by atoms with E-state index in [-0.39, 0.29) is 0 Å². The monoisotopic (exact) mass is 292 g/mol. The Hall–Kier alpha value is -1.36. The van der Waals surface area contributed by atoms with Crippen molar-refractivity contribution in [1.82, 2.24) is 9.97 Å². The summed E-state index contributed by atoms with van der Waals surface area (Å²) in [6.45, 7) is 5.74. The van der Waals surface area contributed by atoms with Gasteiger partial charge in [-0.05, 0) is 19.3 Å². The van der Waals surface area contributed by atoms with Gasteiger partial charge in [0.1, 0.15) is 18.2 Å². The minimum atomic E-state index is 0.461. The van der Waals surface area contributed by atoms with Gasteiger partial charge in [0.2, 0.25) is 0 Å². The molecule has 0 amide bonds. The van der Waals surface area contributed by atoms with E-state index in [0.717, 1.165) is 43.5 Å². The van der Waals surface area contributed by atoms with Crippen LogP contribution < -0.4 is 10.2 Å². The third kappa shape index (κ3) is 5.16. The van der Waals surface area contributed by atoms with Crippen molar-refractivity contribution >= 4 is 11.6 Å². The summed E-state index contributed by atoms with van der Waals surface area (Å²) in [4.78, 5) is 11.6. The van der Waals surface area contributed by atoms with E-state index in [1.807, 2.05) is 0 Å². The molecule has 1 saturated heterocycles. The van der Waals surface area contributed by atoms with Gasteiger partial charge in [0.15, 0.2) is 5.82 Å². The highest BCUT2D eigenvalue weighted by molar-refractivity contribution is 5.49. The van der Waals surface area contributed by atoms with E-state index >= 15 is 0 Å². The highest BCUT2D eigenvalue weighted by atomic mass is 16.5. The third-order valence-corrected chi connectivity index (χ3v) is 3.77. The molecule has 1 N–H and O–H groups in total. The lowest BCUT2D eigenvalue weighted by Gasteiger charge is -2.26. The molecule has 1 aromatic rings. The normalized spacial score (nSPS) is 16.4. The molecule has 1 fully saturated rings. The molecular formula is C16H28N4O. The summed E-state index contributed by atoms with van der Waals surface area (Å²) in [6.07, 6.45) is 7.61. The summed E-state index contributed by atoms with van der Waals surface area (Å²) in [7, 11) is 1.69. The SMILES string of the molecule is CCCNc1cc(N2CCCCCCC2)nc(COC)n1. The lowest BCUT2D eigenvalue weighted by Crippen LogP contribution is -2.28. The molecule has 1 aromatic heterocycles. The molecule has 118 valence electrons. The van der Waals surface area contributed by atoms with Crippen LogP contribution in [0.3, 0.4) is 0 Å². The first-order chi connectivity index (χ1) is 10.3. The number of rotatable bonds is 6. The van der Waals surface area contributed by atoms with Gasteiger partial charge in [-0.2, -0.15) is 0 Å². The molecule has 0 atom stereocenters. The maximum Gasteiger partial charge on any atom is 0.158 e. The molecule has 2 heterocycles. The van der Waals surface area contributed by atoms with Crippen LogP contribution in [0, 0.1) is 0 Å². The first-order valence-corrected chi connectivity index (χ1v) is 8.19. The van der Waals surface area contributed by atoms with E-state index in [1.165, 1.54) is 32.1 Å². The maximum absolute atomic E-state index is 5.20. The van der Waals surface area contributed by atoms with Gasteiger partial charge >= 0.3 is 0 Å². The fraction of sp³-hybridized carbons (Fsp3) is 0.750. The quantitative estimate of drug-likeness (QED) is 0.872. The Bertz CT molecular complexity index is 417. The molecular weight excluding hydrogens is 264 g/mol. The second-order valence-electron chi connectivity index (χ2n) is 5.64. The van der Waals surface area contributed by atoms with Gasteiger partial charge in [-0.25, -0.2) is 9.97 Å². The largest absolute Gasteiger partial charge is 0.377 e. The number of nitrogens with one attached hydrogen (secondary N) is 1. The molecule has 2 rings (SSSR count). The van der Waals surface area contributed by atoms with E-state index in [4.69, 9.17) is 4.74 Å². The molecule has 1 aliphatic rings. The van der Waals surface area contributed by atoms with Crippen molar-refractivity contribution in [3.63, 3.8) is 0 Å². The minimum absolute atomic E-state index is 0.461. The second kappa shape index (κ2) is 8.82. The Kier molecular flexibility index (Phi) is 6.73. The van der Waals surface area contributed by atoms with Crippen molar-refractivity contribution < 1.29 is 4.74 Å². The summed E-state index contributed by atoms with van der Waals surface area (Å²) in [5.41, 5.74) is 0. The molecule has 0 radical (unpaired) electrons. The Morgan fingerprint density at radius 1 is 1.14 bits per heavy atom. The first kappa shape index (κ1) is 16.0. The third-order valence-electron chi connectivity index (χ3n) is 3.77. The van der Waals surface area contributed by atoms with Crippen molar-refractivity contribution in [2.24, 2.45) is 0 Å². The summed E-state index contributed by atoms with van der Waals surface area (Å²) in [6, 6.07) is 2.08. The number of methoxy groups -OCH3 is 1. The van der Waals surface area contributed by atoms with E-state index in [0.29, 0.717) is 6.61 Å². The molecule has 0 saturated carbocycles. The molecule has 0 unspecified atom stereocenters. The molecule has 21 heavy (non-hydrogen) atoms. The van der Waals surface area contributed by atoms with E-state index < -0.39 is 0 Å². The average molecular weight is 292 g/mol. The topological polar surface area (TPSA) is 50.3 Å². The zero-order valence-corrected chi connectivity index (χ0v) is 13.4. The molecule has 0 spiro atoms. The molecule has 5 heteroatoms. The fourth-order valence-corrected chi connectivity index (χ4v) is 2.66. The van der Waals surface area contributed by atoms with Gasteiger partial charge in [0, 0.05) is 32.8 Å². The Morgan fingerprint density at radius 2 is 1.86 bits per heavy atom. The van der Waals surface area contributed by atoms with Crippen LogP contribution in [0.4, 0.5) is 11.6 Å². The predicted molar refractivity (Wildman–Crippen MR) is 86.8 cm³/mol. The summed E-state index contributed by atoms with van der Waals surface area (Å²) < 4.78 is 5.20. The number of nitrogens with zero attached hydrogens (tertiary/aromatic N) is 3. The van der Waals surface area contributed by atoms with Crippen LogP contribution in [0.1, 0.15) is 51.3 Å². The maximum atomic E-state index is 5.20. The number of hydrogen-bond donors (Lipinski definition) is 1. The summed E-state index contributed by atoms with van der Waals surface area (Å²) in [5.74, 6) is 2.71. The summed E-state index contributed by atoms with van der Waals surface area (Å²) in [5, 5.41) is 3.37. The van der Waals surface area contributed by atoms with Gasteiger partial charge in [-0.1, -0.05) is 26.2 Å². The zero-order chi connectivity index (χ0) is 14.9. The Morgan fingerprint density at radius 3 is 2.52 bits per heavy atom. The van der Waals surface area contributed by atoms with Gasteiger partial charge in [0.25, 0.3) is 0 Å². The van der Waals surface area contributed by atoms with Crippen LogP contribution in [0.15, 0.2) is 6.07 Å². The fourth-order valence-electron chi connectivity index (χ4n) is 2.66. The molecule has 1 aliphatic heterocycles. The van der Waals surface area contributed by atoms with E-state index in [9.17, 15) is 0 Å². The first-order valence-electron chi connectivity index (χ1n) is 8.19. The molecule has 5 nitrogen and oxygen atoms in total. The van der Waals surface area contributed by atoms with Crippen LogP contribution in [0.5, 0.6) is 0 Å². The van der Waals surface area contributed by atoms with E-state index in [1.54, 1.807) is 7.11 Å². The van der Waals surface area contributed by atoms with Gasteiger partial charge < -0.3 is 15.0 Å². The zero-order valence-electron chi connectivity index (χ0n) is 13.4. The predicted octanol–water partition coefficient (Wildman–Crippen LogP) is 3.22. The highest BCUT2D eigenvalue weighted by Crippen LogP contribution is 2.20. The molecule has 0 aromatic carbocycles. The second-order valence-corrected chi connectivity index (χ2v) is 5.64. The Labute approximate surface area is 128 Å². The van der Waals surface area contributed by atoms with Crippen LogP contribution in [-0.2, 0) is 11.3 Å². The van der Waals surface area contributed by atoms with Gasteiger partial charge in [0.05, 0.1) is 0 Å². The lowest BCUT2D eigenvalue weighted by molar-refractivity contribution is 0.178. The van der Waals surface area contributed by atoms with Crippen LogP contribution in [-0.4, -0.2) is 36.7 Å². The average Bonchev–Trinajstić information content (AvgIpc) is 2.45. The van der Waals surface area contributed by atoms with Crippen LogP contribution in [0.2, 0.25) is 0 Å². The standard InChI is InChI=1S/C16H28N4O/c1-3-9-17-14-12-16(19-15(18-14)13-21-2)20-10-7-5-4-6-8-11-20/h12H,3-11,13H2,1-2H3,(H,17,18,19).